The number of aromatic amines is 1. The number of non-ortho nitro benzene ring substituents is 1. The molecule has 206 valence electrons. The van der Waals surface area contributed by atoms with Gasteiger partial charge in [0.05, 0.1) is 35.1 Å². The number of carbonyl (C=O) groups is 1. The van der Waals surface area contributed by atoms with Crippen molar-refractivity contribution in [1.29, 1.82) is 0 Å². The van der Waals surface area contributed by atoms with Crippen LogP contribution in [0.2, 0.25) is 0 Å². The summed E-state index contributed by atoms with van der Waals surface area (Å²) in [4.78, 5) is 35.7. The molecule has 1 amide bonds. The number of ether oxygens (including phenoxy) is 1. The molecule has 0 bridgehead atoms. The highest BCUT2D eigenvalue weighted by Gasteiger charge is 2.21. The smallest absolute Gasteiger partial charge is 0.270 e. The Hall–Kier alpha value is -4.54. The fourth-order valence-corrected chi connectivity index (χ4v) is 4.87. The molecule has 2 heterocycles. The molecule has 0 aliphatic carbocycles. The van der Waals surface area contributed by atoms with Gasteiger partial charge in [-0.15, -0.1) is 0 Å². The van der Waals surface area contributed by atoms with Crippen LogP contribution in [0.15, 0.2) is 77.8 Å². The summed E-state index contributed by atoms with van der Waals surface area (Å²) in [5.74, 6) is -0.0858. The topological polar surface area (TPSA) is 124 Å². The lowest BCUT2D eigenvalue weighted by Gasteiger charge is -2.30. The molecule has 0 atom stereocenters. The van der Waals surface area contributed by atoms with Crippen molar-refractivity contribution in [1.82, 2.24) is 9.88 Å². The average Bonchev–Trinajstić information content (AvgIpc) is 3.32. The fraction of sp³-hybridized carbons (Fsp3) is 0.267. The SMILES string of the molecule is CCC(=O)N(CCN1CCOCC1)c1ccc(N=C(c2ccccc2)c2c(O)[nH]c3ccc([N+](=O)[O-])cc23)cc1. The van der Waals surface area contributed by atoms with Crippen molar-refractivity contribution < 1.29 is 19.6 Å². The van der Waals surface area contributed by atoms with Crippen LogP contribution < -0.4 is 4.90 Å². The van der Waals surface area contributed by atoms with Crippen molar-refractivity contribution in [3.8, 4) is 5.88 Å². The number of aromatic hydroxyl groups is 1. The number of anilines is 1. The van der Waals surface area contributed by atoms with E-state index in [9.17, 15) is 20.0 Å². The quantitative estimate of drug-likeness (QED) is 0.174. The monoisotopic (exact) mass is 541 g/mol. The number of fused-ring (bicyclic) bond motifs is 1. The number of nitro groups is 1. The van der Waals surface area contributed by atoms with E-state index in [-0.39, 0.29) is 17.5 Å². The van der Waals surface area contributed by atoms with E-state index >= 15 is 0 Å². The Morgan fingerprint density at radius 2 is 1.82 bits per heavy atom. The zero-order valence-electron chi connectivity index (χ0n) is 22.2. The molecular weight excluding hydrogens is 510 g/mol. The number of rotatable bonds is 9. The number of H-pyrrole nitrogens is 1. The number of morpholine rings is 1. The van der Waals surface area contributed by atoms with Gasteiger partial charge in [0.15, 0.2) is 5.88 Å². The maximum atomic E-state index is 12.8. The molecule has 0 saturated carbocycles. The summed E-state index contributed by atoms with van der Waals surface area (Å²) in [7, 11) is 0. The Morgan fingerprint density at radius 1 is 1.10 bits per heavy atom. The van der Waals surface area contributed by atoms with E-state index in [1.54, 1.807) is 11.0 Å². The van der Waals surface area contributed by atoms with Gasteiger partial charge in [0.2, 0.25) is 5.91 Å². The minimum atomic E-state index is -0.465. The third-order valence-electron chi connectivity index (χ3n) is 7.01. The van der Waals surface area contributed by atoms with Crippen LogP contribution in [-0.4, -0.2) is 70.9 Å². The van der Waals surface area contributed by atoms with Crippen LogP contribution in [0.25, 0.3) is 10.9 Å². The molecule has 1 saturated heterocycles. The highest BCUT2D eigenvalue weighted by molar-refractivity contribution is 6.22. The van der Waals surface area contributed by atoms with Crippen molar-refractivity contribution in [3.63, 3.8) is 0 Å². The van der Waals surface area contributed by atoms with E-state index in [1.807, 2.05) is 61.5 Å². The van der Waals surface area contributed by atoms with Crippen molar-refractivity contribution in [2.75, 3.05) is 44.3 Å². The van der Waals surface area contributed by atoms with E-state index in [4.69, 9.17) is 9.73 Å². The van der Waals surface area contributed by atoms with E-state index in [0.717, 1.165) is 30.9 Å². The number of aromatic nitrogens is 1. The van der Waals surface area contributed by atoms with Gasteiger partial charge < -0.3 is 19.7 Å². The molecule has 1 fully saturated rings. The van der Waals surface area contributed by atoms with Gasteiger partial charge in [0.1, 0.15) is 0 Å². The van der Waals surface area contributed by atoms with Gasteiger partial charge in [-0.1, -0.05) is 37.3 Å². The van der Waals surface area contributed by atoms with Crippen LogP contribution in [0.5, 0.6) is 5.88 Å². The average molecular weight is 542 g/mol. The molecule has 1 aliphatic rings. The van der Waals surface area contributed by atoms with E-state index in [0.29, 0.717) is 54.0 Å². The number of nitrogens with zero attached hydrogens (tertiary/aromatic N) is 4. The van der Waals surface area contributed by atoms with E-state index in [2.05, 4.69) is 9.88 Å². The van der Waals surface area contributed by atoms with Crippen LogP contribution in [0.4, 0.5) is 17.1 Å². The zero-order chi connectivity index (χ0) is 28.1. The molecule has 4 aromatic rings. The molecule has 10 heteroatoms. The van der Waals surface area contributed by atoms with E-state index in [1.165, 1.54) is 12.1 Å². The summed E-state index contributed by atoms with van der Waals surface area (Å²) in [5.41, 5.74) is 3.45. The number of hydrogen-bond acceptors (Lipinski definition) is 7. The lowest BCUT2D eigenvalue weighted by Crippen LogP contribution is -2.43. The Balaban J connectivity index is 1.50. The molecule has 0 unspecified atom stereocenters. The van der Waals surface area contributed by atoms with Gasteiger partial charge >= 0.3 is 0 Å². The van der Waals surface area contributed by atoms with Gasteiger partial charge in [0, 0.05) is 66.9 Å². The summed E-state index contributed by atoms with van der Waals surface area (Å²) >= 11 is 0. The van der Waals surface area contributed by atoms with Crippen LogP contribution in [0.3, 0.4) is 0 Å². The normalized spacial score (nSPS) is 14.4. The molecule has 2 N–H and O–H groups in total. The van der Waals surface area contributed by atoms with Gasteiger partial charge in [-0.3, -0.25) is 19.8 Å². The third-order valence-corrected chi connectivity index (χ3v) is 7.01. The first-order valence-electron chi connectivity index (χ1n) is 13.3. The van der Waals surface area contributed by atoms with E-state index < -0.39 is 4.92 Å². The number of nitro benzene ring substituents is 1. The summed E-state index contributed by atoms with van der Waals surface area (Å²) in [6.07, 6.45) is 0.396. The maximum Gasteiger partial charge on any atom is 0.270 e. The number of aliphatic imine (C=N–C) groups is 1. The third kappa shape index (κ3) is 5.88. The predicted octanol–water partition coefficient (Wildman–Crippen LogP) is 5.03. The fourth-order valence-electron chi connectivity index (χ4n) is 4.87. The van der Waals surface area contributed by atoms with Crippen molar-refractivity contribution in [2.45, 2.75) is 13.3 Å². The highest BCUT2D eigenvalue weighted by atomic mass is 16.6. The number of hydrogen-bond donors (Lipinski definition) is 2. The van der Waals surface area contributed by atoms with Crippen molar-refractivity contribution >= 4 is 39.6 Å². The minimum Gasteiger partial charge on any atom is -0.494 e. The van der Waals surface area contributed by atoms with Gasteiger partial charge in [-0.2, -0.15) is 0 Å². The van der Waals surface area contributed by atoms with Crippen molar-refractivity contribution in [2.24, 2.45) is 4.99 Å². The second kappa shape index (κ2) is 12.1. The Morgan fingerprint density at radius 3 is 2.50 bits per heavy atom. The maximum absolute atomic E-state index is 12.8. The lowest BCUT2D eigenvalue weighted by atomic mass is 10.0. The summed E-state index contributed by atoms with van der Waals surface area (Å²) < 4.78 is 5.43. The second-order valence-corrected chi connectivity index (χ2v) is 9.53. The molecular formula is C30H31N5O5. The molecule has 0 radical (unpaired) electrons. The Kier molecular flexibility index (Phi) is 8.18. The first-order valence-corrected chi connectivity index (χ1v) is 13.3. The summed E-state index contributed by atoms with van der Waals surface area (Å²) in [6.45, 7) is 6.31. The van der Waals surface area contributed by atoms with Crippen molar-refractivity contribution in [3.05, 3.63) is 94.0 Å². The largest absolute Gasteiger partial charge is 0.494 e. The minimum absolute atomic E-state index is 0.0415. The number of benzene rings is 3. The van der Waals surface area contributed by atoms with Crippen LogP contribution >= 0.6 is 0 Å². The van der Waals surface area contributed by atoms with Gasteiger partial charge in [-0.25, -0.2) is 4.99 Å². The molecule has 10 nitrogen and oxygen atoms in total. The predicted molar refractivity (Wildman–Crippen MR) is 155 cm³/mol. The first kappa shape index (κ1) is 27.0. The van der Waals surface area contributed by atoms with Crippen LogP contribution in [0.1, 0.15) is 24.5 Å². The molecule has 40 heavy (non-hydrogen) atoms. The molecule has 1 aliphatic heterocycles. The second-order valence-electron chi connectivity index (χ2n) is 9.53. The zero-order valence-corrected chi connectivity index (χ0v) is 22.2. The molecule has 3 aromatic carbocycles. The van der Waals surface area contributed by atoms with Gasteiger partial charge in [0.25, 0.3) is 5.69 Å². The number of nitrogens with one attached hydrogen (secondary N) is 1. The number of carbonyl (C=O) groups excluding carboxylic acids is 1. The molecule has 5 rings (SSSR count). The molecule has 1 aromatic heterocycles. The molecule has 0 spiro atoms. The van der Waals surface area contributed by atoms with Crippen LogP contribution in [0, 0.1) is 10.1 Å². The standard InChI is InChI=1S/C30H31N5O5/c1-2-27(36)34(15-14-33-16-18-40-19-17-33)23-10-8-22(9-11-23)31-29(21-6-4-3-5-7-21)28-25-20-24(35(38)39)12-13-26(25)32-30(28)37/h3-13,20,32,37H,2,14-19H2,1H3. The van der Waals surface area contributed by atoms with Gasteiger partial charge in [-0.05, 0) is 30.3 Å². The summed E-state index contributed by atoms with van der Waals surface area (Å²) in [5, 5.41) is 22.8. The highest BCUT2D eigenvalue weighted by Crippen LogP contribution is 2.34. The number of amides is 1. The Bertz CT molecular complexity index is 1530. The van der Waals surface area contributed by atoms with Crippen LogP contribution in [-0.2, 0) is 9.53 Å². The lowest BCUT2D eigenvalue weighted by molar-refractivity contribution is -0.384. The first-order chi connectivity index (χ1) is 19.4. The summed E-state index contributed by atoms with van der Waals surface area (Å²) in [6, 6.07) is 21.2. The Labute approximate surface area is 231 Å².